The minimum atomic E-state index is -1.85. The van der Waals surface area contributed by atoms with Crippen molar-refractivity contribution in [1.29, 1.82) is 0 Å². The predicted molar refractivity (Wildman–Crippen MR) is 158 cm³/mol. The molecule has 2 heterocycles. The molecule has 2 rings (SSSR count). The minimum Gasteiger partial charge on any atom is -0.459 e. The average Bonchev–Trinajstić information content (AvgIpc) is 2.92. The Morgan fingerprint density at radius 3 is 2.10 bits per heavy atom. The normalized spacial score (nSPS) is 49.4. The largest absolute Gasteiger partial charge is 0.459 e. The summed E-state index contributed by atoms with van der Waals surface area (Å²) in [6.45, 7) is 17.0. The fraction of sp³-hybridized carbons (Fsp3) is 0.935. The lowest BCUT2D eigenvalue weighted by Gasteiger charge is -2.47. The first-order valence-corrected chi connectivity index (χ1v) is 15.3. The lowest BCUT2D eigenvalue weighted by Crippen LogP contribution is -2.58. The van der Waals surface area contributed by atoms with Crippen LogP contribution in [0.5, 0.6) is 0 Å². The number of nitrogens with zero attached hydrogens (tertiary/aromatic N) is 1. The van der Waals surface area contributed by atoms with E-state index in [4.69, 9.17) is 18.9 Å². The molecule has 0 aromatic carbocycles. The second kappa shape index (κ2) is 14.3. The molecule has 0 unspecified atom stereocenters. The van der Waals surface area contributed by atoms with Crippen LogP contribution in [0.2, 0.25) is 0 Å². The van der Waals surface area contributed by atoms with Gasteiger partial charge in [-0.25, -0.2) is 0 Å². The van der Waals surface area contributed by atoms with Gasteiger partial charge in [0.1, 0.15) is 24.5 Å². The monoisotopic (exact) mass is 603 g/mol. The average molecular weight is 604 g/mol. The molecule has 2 aliphatic heterocycles. The lowest BCUT2D eigenvalue weighted by atomic mass is 9.70. The molecule has 2 saturated heterocycles. The van der Waals surface area contributed by atoms with Gasteiger partial charge in [0.2, 0.25) is 0 Å². The molecule has 0 aliphatic carbocycles. The zero-order chi connectivity index (χ0) is 32.4. The van der Waals surface area contributed by atoms with Crippen molar-refractivity contribution >= 4 is 11.7 Å². The Morgan fingerprint density at radius 2 is 1.57 bits per heavy atom. The van der Waals surface area contributed by atoms with Gasteiger partial charge in [0, 0.05) is 25.2 Å². The number of aliphatic hydroxyl groups excluding tert-OH is 3. The number of ether oxygens (including phenoxy) is 4. The van der Waals surface area contributed by atoms with Crippen molar-refractivity contribution in [3.05, 3.63) is 0 Å². The van der Waals surface area contributed by atoms with E-state index in [2.05, 4.69) is 4.99 Å². The van der Waals surface area contributed by atoms with Crippen molar-refractivity contribution in [2.24, 2.45) is 34.6 Å². The molecule has 246 valence electrons. The molecule has 11 nitrogen and oxygen atoms in total. The van der Waals surface area contributed by atoms with Gasteiger partial charge in [-0.2, -0.15) is 0 Å². The Kier molecular flexibility index (Phi) is 12.6. The van der Waals surface area contributed by atoms with E-state index in [9.17, 15) is 30.3 Å². The minimum absolute atomic E-state index is 0.208. The summed E-state index contributed by atoms with van der Waals surface area (Å²) in [4.78, 5) is 17.9. The van der Waals surface area contributed by atoms with E-state index >= 15 is 0 Å². The van der Waals surface area contributed by atoms with Gasteiger partial charge in [-0.15, -0.1) is 0 Å². The molecule has 2 fully saturated rings. The Balaban J connectivity index is 2.60. The SMILES string of the molecule is CC[C@H]1OC(=O)[C@H](C)[C@@H](O[C@H]2C[C@@](C)(OC)[C@@H](O)[C@H](C)O2)[C@H](C)[C@@H](C)[C@](C)(O)C[C@@H](C)C(=NCO)[C@H](C)[C@@H](O)[C@]1(C)O. The highest BCUT2D eigenvalue weighted by Gasteiger charge is 2.50. The van der Waals surface area contributed by atoms with E-state index in [1.165, 1.54) is 14.0 Å². The number of hydrogen-bond donors (Lipinski definition) is 5. The summed E-state index contributed by atoms with van der Waals surface area (Å²) in [5, 5.41) is 55.1. The van der Waals surface area contributed by atoms with Crippen LogP contribution in [0.3, 0.4) is 0 Å². The fourth-order valence-corrected chi connectivity index (χ4v) is 6.91. The zero-order valence-electron chi connectivity index (χ0n) is 27.4. The molecule has 0 aromatic rings. The number of aliphatic hydroxyl groups is 5. The highest BCUT2D eigenvalue weighted by atomic mass is 16.7. The van der Waals surface area contributed by atoms with E-state index in [0.717, 1.165) is 0 Å². The predicted octanol–water partition coefficient (Wildman–Crippen LogP) is 2.43. The standard InChI is InChI=1S/C31H57NO10/c1-12-22-31(10,38)26(34)18(4)24(32-15-33)16(2)13-29(8,37)20(6)17(3)25(19(5)28(36)41-22)42-23-14-30(9,39-11)27(35)21(7)40-23/h16-23,25-27,33-35,37-38H,12-15H2,1-11H3/t16-,17-,18+,19-,20-,21+,22-,23+,25+,26-,27+,29-,30-,31-/m1/s1. The van der Waals surface area contributed by atoms with E-state index < -0.39 is 84.1 Å². The van der Waals surface area contributed by atoms with Crippen molar-refractivity contribution in [2.75, 3.05) is 13.8 Å². The number of carbonyl (C=O) groups is 1. The third-order valence-electron chi connectivity index (χ3n) is 10.2. The van der Waals surface area contributed by atoms with Crippen LogP contribution in [0.4, 0.5) is 0 Å². The summed E-state index contributed by atoms with van der Waals surface area (Å²) in [5.74, 6) is -3.33. The summed E-state index contributed by atoms with van der Waals surface area (Å²) >= 11 is 0. The molecule has 0 bridgehead atoms. The van der Waals surface area contributed by atoms with Crippen molar-refractivity contribution in [2.45, 2.75) is 142 Å². The van der Waals surface area contributed by atoms with E-state index in [-0.39, 0.29) is 31.1 Å². The van der Waals surface area contributed by atoms with Crippen molar-refractivity contribution < 1.29 is 49.3 Å². The summed E-state index contributed by atoms with van der Waals surface area (Å²) < 4.78 is 24.0. The number of carbonyl (C=O) groups excluding carboxylic acids is 1. The summed E-state index contributed by atoms with van der Waals surface area (Å²) in [6.07, 6.45) is -4.84. The Labute approximate surface area is 251 Å². The van der Waals surface area contributed by atoms with Crippen LogP contribution in [0.1, 0.15) is 88.5 Å². The maximum atomic E-state index is 13.7. The maximum Gasteiger partial charge on any atom is 0.311 e. The van der Waals surface area contributed by atoms with Crippen LogP contribution in [0.15, 0.2) is 4.99 Å². The summed E-state index contributed by atoms with van der Waals surface area (Å²) in [5.41, 5.74) is -3.61. The second-order valence-electron chi connectivity index (χ2n) is 13.5. The third-order valence-corrected chi connectivity index (χ3v) is 10.2. The number of esters is 1. The molecule has 14 atom stereocenters. The number of rotatable bonds is 5. The second-order valence-corrected chi connectivity index (χ2v) is 13.5. The van der Waals surface area contributed by atoms with Crippen LogP contribution >= 0.6 is 0 Å². The highest BCUT2D eigenvalue weighted by molar-refractivity contribution is 5.89. The molecule has 0 spiro atoms. The van der Waals surface area contributed by atoms with Gasteiger partial charge in [-0.3, -0.25) is 9.79 Å². The molecule has 42 heavy (non-hydrogen) atoms. The number of hydrogen-bond acceptors (Lipinski definition) is 11. The molecule has 0 aromatic heterocycles. The van der Waals surface area contributed by atoms with E-state index in [1.807, 2.05) is 20.8 Å². The van der Waals surface area contributed by atoms with Gasteiger partial charge in [-0.05, 0) is 65.2 Å². The summed E-state index contributed by atoms with van der Waals surface area (Å²) in [7, 11) is 1.52. The van der Waals surface area contributed by atoms with Crippen molar-refractivity contribution in [3.63, 3.8) is 0 Å². The first-order valence-electron chi connectivity index (χ1n) is 15.3. The smallest absolute Gasteiger partial charge is 0.311 e. The van der Waals surface area contributed by atoms with Crippen LogP contribution in [-0.4, -0.2) is 105 Å². The number of aliphatic imine (C=N–C) groups is 1. The molecule has 0 saturated carbocycles. The van der Waals surface area contributed by atoms with Gasteiger partial charge < -0.3 is 44.5 Å². The van der Waals surface area contributed by atoms with Gasteiger partial charge in [0.25, 0.3) is 0 Å². The van der Waals surface area contributed by atoms with E-state index in [1.54, 1.807) is 41.5 Å². The molecule has 0 amide bonds. The highest BCUT2D eigenvalue weighted by Crippen LogP contribution is 2.40. The summed E-state index contributed by atoms with van der Waals surface area (Å²) in [6, 6.07) is 0. The van der Waals surface area contributed by atoms with Crippen LogP contribution < -0.4 is 0 Å². The molecule has 2 aliphatic rings. The first-order chi connectivity index (χ1) is 19.3. The van der Waals surface area contributed by atoms with Gasteiger partial charge in [-0.1, -0.05) is 34.6 Å². The maximum absolute atomic E-state index is 13.7. The van der Waals surface area contributed by atoms with Gasteiger partial charge in [0.15, 0.2) is 6.29 Å². The van der Waals surface area contributed by atoms with Crippen LogP contribution in [-0.2, 0) is 23.7 Å². The number of cyclic esters (lactones) is 1. The van der Waals surface area contributed by atoms with Crippen molar-refractivity contribution in [3.8, 4) is 0 Å². The zero-order valence-corrected chi connectivity index (χ0v) is 27.4. The Hall–Kier alpha value is -1.18. The molecular weight excluding hydrogens is 546 g/mol. The fourth-order valence-electron chi connectivity index (χ4n) is 6.91. The third kappa shape index (κ3) is 7.72. The van der Waals surface area contributed by atoms with E-state index in [0.29, 0.717) is 5.71 Å². The van der Waals surface area contributed by atoms with Crippen LogP contribution in [0.25, 0.3) is 0 Å². The first kappa shape index (κ1) is 37.0. The topological polar surface area (TPSA) is 168 Å². The van der Waals surface area contributed by atoms with Gasteiger partial charge >= 0.3 is 5.97 Å². The molecule has 11 heteroatoms. The Bertz CT molecular complexity index is 925. The molecular formula is C31H57NO10. The molecule has 5 N–H and O–H groups in total. The lowest BCUT2D eigenvalue weighted by molar-refractivity contribution is -0.298. The van der Waals surface area contributed by atoms with Gasteiger partial charge in [0.05, 0.1) is 35.4 Å². The Morgan fingerprint density at radius 1 is 0.976 bits per heavy atom. The number of methoxy groups -OCH3 is 1. The van der Waals surface area contributed by atoms with Crippen molar-refractivity contribution in [1.82, 2.24) is 0 Å². The molecule has 0 radical (unpaired) electrons. The quantitative estimate of drug-likeness (QED) is 0.295. The van der Waals surface area contributed by atoms with Crippen LogP contribution in [0, 0.1) is 29.6 Å².